The van der Waals surface area contributed by atoms with E-state index in [1.165, 1.54) is 24.7 Å². The first-order chi connectivity index (χ1) is 9.55. The maximum Gasteiger partial charge on any atom is 0.307 e. The predicted octanol–water partition coefficient (Wildman–Crippen LogP) is 3.11. The number of hydrogen-bond donors (Lipinski definition) is 1. The number of rotatable bonds is 8. The summed E-state index contributed by atoms with van der Waals surface area (Å²) in [6, 6.07) is 9.17. The van der Waals surface area contributed by atoms with Gasteiger partial charge >= 0.3 is 5.97 Å². The largest absolute Gasteiger partial charge is 0.469 e. The fourth-order valence-electron chi connectivity index (χ4n) is 2.36. The van der Waals surface area contributed by atoms with Crippen molar-refractivity contribution in [1.82, 2.24) is 5.32 Å². The van der Waals surface area contributed by atoms with E-state index in [0.717, 1.165) is 12.8 Å². The van der Waals surface area contributed by atoms with Crippen molar-refractivity contribution in [2.24, 2.45) is 0 Å². The maximum absolute atomic E-state index is 11.5. The third kappa shape index (κ3) is 6.20. The topological polar surface area (TPSA) is 38.3 Å². The first-order valence-corrected chi connectivity index (χ1v) is 7.45. The molecule has 0 aliphatic carbocycles. The van der Waals surface area contributed by atoms with Crippen molar-refractivity contribution < 1.29 is 9.53 Å². The number of carbonyl (C=O) groups is 1. The summed E-state index contributed by atoms with van der Waals surface area (Å²) in [6.45, 7) is 6.37. The number of esters is 1. The molecule has 0 saturated carbocycles. The molecule has 0 aromatic heterocycles. The van der Waals surface area contributed by atoms with E-state index in [0.29, 0.717) is 12.5 Å². The third-order valence-electron chi connectivity index (χ3n) is 3.25. The van der Waals surface area contributed by atoms with Gasteiger partial charge in [-0.25, -0.2) is 0 Å². The molecule has 1 atom stereocenters. The molecule has 0 aliphatic heterocycles. The molecule has 0 spiro atoms. The van der Waals surface area contributed by atoms with Gasteiger partial charge in [0, 0.05) is 12.1 Å². The molecule has 0 radical (unpaired) electrons. The van der Waals surface area contributed by atoms with Crippen molar-refractivity contribution in [3.05, 3.63) is 35.4 Å². The lowest BCUT2D eigenvalue weighted by Crippen LogP contribution is -2.38. The molecule has 3 nitrogen and oxygen atoms in total. The van der Waals surface area contributed by atoms with Crippen molar-refractivity contribution in [2.75, 3.05) is 7.11 Å². The van der Waals surface area contributed by atoms with Gasteiger partial charge in [0.05, 0.1) is 13.5 Å². The molecular weight excluding hydrogens is 250 g/mol. The number of hydrogen-bond acceptors (Lipinski definition) is 3. The lowest BCUT2D eigenvalue weighted by atomic mass is 10.0. The van der Waals surface area contributed by atoms with Gasteiger partial charge in [-0.3, -0.25) is 4.79 Å². The number of aryl methyl sites for hydroxylation is 1. The van der Waals surface area contributed by atoms with E-state index in [-0.39, 0.29) is 12.0 Å². The predicted molar refractivity (Wildman–Crippen MR) is 82.8 cm³/mol. The monoisotopic (exact) mass is 277 g/mol. The molecule has 20 heavy (non-hydrogen) atoms. The maximum atomic E-state index is 11.5. The standard InChI is InChI=1S/C17H27NO2/c1-5-6-14-7-9-15(10-8-14)11-16(18-13(2)3)12-17(19)20-4/h7-10,13,16,18H,5-6,11-12H2,1-4H3. The summed E-state index contributed by atoms with van der Waals surface area (Å²) >= 11 is 0. The van der Waals surface area contributed by atoms with Crippen LogP contribution in [0.15, 0.2) is 24.3 Å². The van der Waals surface area contributed by atoms with Crippen LogP contribution in [0.1, 0.15) is 44.7 Å². The second kappa shape index (κ2) is 8.75. The van der Waals surface area contributed by atoms with Crippen LogP contribution < -0.4 is 5.32 Å². The lowest BCUT2D eigenvalue weighted by Gasteiger charge is -2.20. The molecule has 0 amide bonds. The summed E-state index contributed by atoms with van der Waals surface area (Å²) in [6.07, 6.45) is 3.54. The highest BCUT2D eigenvalue weighted by Crippen LogP contribution is 2.11. The molecule has 1 N–H and O–H groups in total. The Balaban J connectivity index is 2.65. The highest BCUT2D eigenvalue weighted by atomic mass is 16.5. The van der Waals surface area contributed by atoms with E-state index in [4.69, 9.17) is 4.74 Å². The Morgan fingerprint density at radius 3 is 2.30 bits per heavy atom. The van der Waals surface area contributed by atoms with Gasteiger partial charge in [-0.15, -0.1) is 0 Å². The Bertz CT molecular complexity index is 398. The lowest BCUT2D eigenvalue weighted by molar-refractivity contribution is -0.141. The highest BCUT2D eigenvalue weighted by molar-refractivity contribution is 5.70. The minimum absolute atomic E-state index is 0.125. The van der Waals surface area contributed by atoms with Crippen LogP contribution in [0.3, 0.4) is 0 Å². The number of carbonyl (C=O) groups excluding carboxylic acids is 1. The van der Waals surface area contributed by atoms with Gasteiger partial charge in [-0.1, -0.05) is 51.5 Å². The molecule has 1 unspecified atom stereocenters. The fraction of sp³-hybridized carbons (Fsp3) is 0.588. The number of benzene rings is 1. The summed E-state index contributed by atoms with van der Waals surface area (Å²) in [4.78, 5) is 11.5. The molecule has 1 aromatic carbocycles. The van der Waals surface area contributed by atoms with E-state index in [1.807, 2.05) is 0 Å². The molecule has 3 heteroatoms. The normalized spacial score (nSPS) is 12.4. The average Bonchev–Trinajstić information content (AvgIpc) is 2.40. The molecule has 1 rings (SSSR count). The van der Waals surface area contributed by atoms with Crippen molar-refractivity contribution in [1.29, 1.82) is 0 Å². The third-order valence-corrected chi connectivity index (χ3v) is 3.25. The Hall–Kier alpha value is -1.35. The average molecular weight is 277 g/mol. The fourth-order valence-corrected chi connectivity index (χ4v) is 2.36. The molecule has 0 saturated heterocycles. The van der Waals surface area contributed by atoms with Gasteiger partial charge in [0.25, 0.3) is 0 Å². The van der Waals surface area contributed by atoms with E-state index in [9.17, 15) is 4.79 Å². The van der Waals surface area contributed by atoms with Gasteiger partial charge < -0.3 is 10.1 Å². The van der Waals surface area contributed by atoms with E-state index >= 15 is 0 Å². The van der Waals surface area contributed by atoms with Crippen LogP contribution in [0.25, 0.3) is 0 Å². The van der Waals surface area contributed by atoms with Crippen molar-refractivity contribution in [3.63, 3.8) is 0 Å². The zero-order valence-corrected chi connectivity index (χ0v) is 13.1. The minimum atomic E-state index is -0.161. The van der Waals surface area contributed by atoms with Gasteiger partial charge in [-0.2, -0.15) is 0 Å². The molecule has 1 aromatic rings. The second-order valence-electron chi connectivity index (χ2n) is 5.57. The van der Waals surface area contributed by atoms with Crippen LogP contribution in [0.4, 0.5) is 0 Å². The summed E-state index contributed by atoms with van der Waals surface area (Å²) in [5.74, 6) is -0.161. The van der Waals surface area contributed by atoms with E-state index in [2.05, 4.69) is 50.4 Å². The molecule has 0 bridgehead atoms. The second-order valence-corrected chi connectivity index (χ2v) is 5.57. The van der Waals surface area contributed by atoms with Crippen LogP contribution in [0.2, 0.25) is 0 Å². The zero-order chi connectivity index (χ0) is 15.0. The van der Waals surface area contributed by atoms with Gasteiger partial charge in [-0.05, 0) is 24.0 Å². The Morgan fingerprint density at radius 2 is 1.80 bits per heavy atom. The molecular formula is C17H27NO2. The van der Waals surface area contributed by atoms with Crippen LogP contribution in [-0.2, 0) is 22.4 Å². The number of ether oxygens (including phenoxy) is 1. The Kier molecular flexibility index (Phi) is 7.31. The van der Waals surface area contributed by atoms with Crippen molar-refractivity contribution in [3.8, 4) is 0 Å². The van der Waals surface area contributed by atoms with Gasteiger partial charge in [0.1, 0.15) is 0 Å². The quantitative estimate of drug-likeness (QED) is 0.742. The molecule has 0 fully saturated rings. The van der Waals surface area contributed by atoms with Gasteiger partial charge in [0.2, 0.25) is 0 Å². The summed E-state index contributed by atoms with van der Waals surface area (Å²) in [5.41, 5.74) is 2.63. The van der Waals surface area contributed by atoms with Crippen LogP contribution in [0.5, 0.6) is 0 Å². The Labute approximate surface area is 122 Å². The smallest absolute Gasteiger partial charge is 0.307 e. The minimum Gasteiger partial charge on any atom is -0.469 e. The van der Waals surface area contributed by atoms with Crippen LogP contribution >= 0.6 is 0 Å². The van der Waals surface area contributed by atoms with Crippen molar-refractivity contribution >= 4 is 5.97 Å². The van der Waals surface area contributed by atoms with Gasteiger partial charge in [0.15, 0.2) is 0 Å². The summed E-state index contributed by atoms with van der Waals surface area (Å²) in [7, 11) is 1.44. The number of nitrogens with one attached hydrogen (secondary N) is 1. The summed E-state index contributed by atoms with van der Waals surface area (Å²) < 4.78 is 4.77. The van der Waals surface area contributed by atoms with E-state index in [1.54, 1.807) is 0 Å². The first kappa shape index (κ1) is 16.7. The first-order valence-electron chi connectivity index (χ1n) is 7.45. The zero-order valence-electron chi connectivity index (χ0n) is 13.1. The molecule has 112 valence electrons. The highest BCUT2D eigenvalue weighted by Gasteiger charge is 2.15. The Morgan fingerprint density at radius 1 is 1.20 bits per heavy atom. The van der Waals surface area contributed by atoms with Crippen LogP contribution in [0, 0.1) is 0 Å². The van der Waals surface area contributed by atoms with Crippen LogP contribution in [-0.4, -0.2) is 25.2 Å². The van der Waals surface area contributed by atoms with Crippen molar-refractivity contribution in [2.45, 2.75) is 58.5 Å². The molecule has 0 aliphatic rings. The van der Waals surface area contributed by atoms with E-state index < -0.39 is 0 Å². The molecule has 0 heterocycles. The summed E-state index contributed by atoms with van der Waals surface area (Å²) in [5, 5.41) is 3.43. The number of methoxy groups -OCH3 is 1. The SMILES string of the molecule is CCCc1ccc(CC(CC(=O)OC)NC(C)C)cc1.